The lowest BCUT2D eigenvalue weighted by atomic mass is 10.3. The third-order valence-corrected chi connectivity index (χ3v) is 4.35. The molecule has 2 aliphatic rings. The fourth-order valence-corrected chi connectivity index (χ4v) is 3.22. The van der Waals surface area contributed by atoms with E-state index in [1.165, 1.54) is 0 Å². The summed E-state index contributed by atoms with van der Waals surface area (Å²) in [6.45, 7) is 1.69. The van der Waals surface area contributed by atoms with Crippen molar-refractivity contribution in [1.82, 2.24) is 15.6 Å². The van der Waals surface area contributed by atoms with E-state index < -0.39 is 0 Å². The highest BCUT2D eigenvalue weighted by atomic mass is 32.2. The summed E-state index contributed by atoms with van der Waals surface area (Å²) in [7, 11) is 0. The Kier molecular flexibility index (Phi) is 4.26. The highest BCUT2D eigenvalue weighted by Crippen LogP contribution is 2.16. The molecule has 2 aliphatic heterocycles. The van der Waals surface area contributed by atoms with Gasteiger partial charge < -0.3 is 15.5 Å². The summed E-state index contributed by atoms with van der Waals surface area (Å²) in [4.78, 5) is 29.6. The van der Waals surface area contributed by atoms with Gasteiger partial charge in [0.2, 0.25) is 11.8 Å². The molecule has 21 heavy (non-hydrogen) atoms. The largest absolute Gasteiger partial charge is 0.353 e. The van der Waals surface area contributed by atoms with Gasteiger partial charge in [0, 0.05) is 24.7 Å². The fourth-order valence-electron chi connectivity index (χ4n) is 2.27. The Hall–Kier alpha value is -1.80. The van der Waals surface area contributed by atoms with Gasteiger partial charge in [-0.05, 0) is 12.1 Å². The Morgan fingerprint density at radius 3 is 3.05 bits per heavy atom. The number of pyridine rings is 1. The molecule has 0 bridgehead atoms. The second-order valence-corrected chi connectivity index (χ2v) is 5.97. The normalized spacial score (nSPS) is 22.0. The van der Waals surface area contributed by atoms with Crippen molar-refractivity contribution in [2.24, 2.45) is 0 Å². The van der Waals surface area contributed by atoms with Gasteiger partial charge >= 0.3 is 0 Å². The van der Waals surface area contributed by atoms with Gasteiger partial charge in [0.15, 0.2) is 0 Å². The zero-order valence-electron chi connectivity index (χ0n) is 11.5. The second kappa shape index (κ2) is 6.31. The average Bonchev–Trinajstić information content (AvgIpc) is 3.02. The van der Waals surface area contributed by atoms with Crippen LogP contribution in [-0.2, 0) is 9.59 Å². The number of carbonyl (C=O) groups excluding carboxylic acids is 2. The molecule has 2 fully saturated rings. The van der Waals surface area contributed by atoms with Crippen LogP contribution in [0.25, 0.3) is 0 Å². The van der Waals surface area contributed by atoms with Gasteiger partial charge in [-0.2, -0.15) is 0 Å². The van der Waals surface area contributed by atoms with Crippen LogP contribution >= 0.6 is 11.8 Å². The molecule has 8 heteroatoms. The van der Waals surface area contributed by atoms with E-state index >= 15 is 0 Å². The maximum Gasteiger partial charge on any atom is 0.242 e. The van der Waals surface area contributed by atoms with Gasteiger partial charge in [-0.25, -0.2) is 4.98 Å². The molecule has 0 spiro atoms. The van der Waals surface area contributed by atoms with Gasteiger partial charge in [-0.3, -0.25) is 14.9 Å². The Morgan fingerprint density at radius 2 is 2.38 bits per heavy atom. The predicted octanol–water partition coefficient (Wildman–Crippen LogP) is -0.381. The smallest absolute Gasteiger partial charge is 0.242 e. The number of anilines is 2. The lowest BCUT2D eigenvalue weighted by Gasteiger charge is -2.27. The summed E-state index contributed by atoms with van der Waals surface area (Å²) < 4.78 is 0. The number of rotatable bonds is 3. The highest BCUT2D eigenvalue weighted by molar-refractivity contribution is 7.99. The van der Waals surface area contributed by atoms with E-state index in [1.54, 1.807) is 18.0 Å². The zero-order chi connectivity index (χ0) is 14.7. The number of amides is 2. The Bertz CT molecular complexity index is 530. The monoisotopic (exact) mass is 307 g/mol. The van der Waals surface area contributed by atoms with Crippen molar-refractivity contribution in [3.8, 4) is 0 Å². The first-order valence-electron chi connectivity index (χ1n) is 6.82. The Morgan fingerprint density at radius 1 is 1.48 bits per heavy atom. The molecular weight excluding hydrogens is 290 g/mol. The summed E-state index contributed by atoms with van der Waals surface area (Å²) in [5.41, 5.74) is 0.670. The van der Waals surface area contributed by atoms with Crippen LogP contribution in [0.1, 0.15) is 0 Å². The molecule has 7 nitrogen and oxygen atoms in total. The molecule has 3 N–H and O–H groups in total. The summed E-state index contributed by atoms with van der Waals surface area (Å²) >= 11 is 1.71. The van der Waals surface area contributed by atoms with E-state index in [-0.39, 0.29) is 17.9 Å². The van der Waals surface area contributed by atoms with Crippen molar-refractivity contribution in [2.45, 2.75) is 6.04 Å². The number of aromatic nitrogens is 1. The molecule has 3 rings (SSSR count). The third-order valence-electron chi connectivity index (χ3n) is 3.41. The number of hydrogen-bond donors (Lipinski definition) is 3. The summed E-state index contributed by atoms with van der Waals surface area (Å²) in [6.07, 6.45) is 1.63. The Labute approximate surface area is 126 Å². The lowest BCUT2D eigenvalue weighted by Crippen LogP contribution is -2.48. The highest BCUT2D eigenvalue weighted by Gasteiger charge is 2.22. The number of thioether (sulfide) groups is 1. The zero-order valence-corrected chi connectivity index (χ0v) is 12.3. The first-order chi connectivity index (χ1) is 10.2. The van der Waals surface area contributed by atoms with Gasteiger partial charge in [0.1, 0.15) is 5.82 Å². The van der Waals surface area contributed by atoms with E-state index in [2.05, 4.69) is 20.9 Å². The summed E-state index contributed by atoms with van der Waals surface area (Å²) in [5.74, 6) is 2.32. The van der Waals surface area contributed by atoms with Crippen LogP contribution in [0.2, 0.25) is 0 Å². The molecule has 1 aromatic heterocycles. The van der Waals surface area contributed by atoms with Crippen molar-refractivity contribution in [3.05, 3.63) is 18.3 Å². The van der Waals surface area contributed by atoms with Crippen LogP contribution in [-0.4, -0.2) is 54.1 Å². The standard InChI is InChI=1S/C13H17N5O2S/c19-12-6-18(4-3-14-12)11-2-1-9(5-15-11)17-13(20)10-7-21-8-16-10/h1-2,5,10,16H,3-4,6-8H2,(H,14,19)(H,17,20). The van der Waals surface area contributed by atoms with Crippen LogP contribution in [0.15, 0.2) is 18.3 Å². The maximum absolute atomic E-state index is 12.0. The number of nitrogens with zero attached hydrogens (tertiary/aromatic N) is 2. The van der Waals surface area contributed by atoms with E-state index in [0.29, 0.717) is 18.8 Å². The van der Waals surface area contributed by atoms with Crippen LogP contribution < -0.4 is 20.9 Å². The minimum Gasteiger partial charge on any atom is -0.353 e. The number of nitrogens with one attached hydrogen (secondary N) is 3. The summed E-state index contributed by atoms with van der Waals surface area (Å²) in [5, 5.41) is 8.75. The van der Waals surface area contributed by atoms with Gasteiger partial charge in [0.05, 0.1) is 24.5 Å². The first-order valence-corrected chi connectivity index (χ1v) is 7.97. The van der Waals surface area contributed by atoms with Gasteiger partial charge in [-0.15, -0.1) is 11.8 Å². The predicted molar refractivity (Wildman–Crippen MR) is 82.3 cm³/mol. The SMILES string of the molecule is O=C1CN(c2ccc(NC(=O)C3CSCN3)cn2)CCN1. The molecule has 0 radical (unpaired) electrons. The van der Waals surface area contributed by atoms with E-state index in [4.69, 9.17) is 0 Å². The van der Waals surface area contributed by atoms with Gasteiger partial charge in [0.25, 0.3) is 0 Å². The number of piperazine rings is 1. The molecular formula is C13H17N5O2S. The van der Waals surface area contributed by atoms with E-state index in [1.807, 2.05) is 17.0 Å². The Balaban J connectivity index is 1.61. The van der Waals surface area contributed by atoms with Crippen LogP contribution in [0, 0.1) is 0 Å². The molecule has 3 heterocycles. The van der Waals surface area contributed by atoms with E-state index in [9.17, 15) is 9.59 Å². The third kappa shape index (κ3) is 3.45. The fraction of sp³-hybridized carbons (Fsp3) is 0.462. The quantitative estimate of drug-likeness (QED) is 0.706. The van der Waals surface area contributed by atoms with Crippen molar-refractivity contribution >= 4 is 35.1 Å². The molecule has 1 atom stereocenters. The molecule has 112 valence electrons. The molecule has 1 unspecified atom stereocenters. The first kappa shape index (κ1) is 14.2. The van der Waals surface area contributed by atoms with Gasteiger partial charge in [-0.1, -0.05) is 0 Å². The molecule has 0 aromatic carbocycles. The minimum absolute atomic E-state index is 0.00485. The minimum atomic E-state index is -0.138. The molecule has 1 aromatic rings. The molecule has 0 saturated carbocycles. The molecule has 2 saturated heterocycles. The number of carbonyl (C=O) groups is 2. The van der Waals surface area contributed by atoms with Crippen molar-refractivity contribution in [2.75, 3.05) is 41.5 Å². The molecule has 2 amide bonds. The molecule has 0 aliphatic carbocycles. The maximum atomic E-state index is 12.0. The van der Waals surface area contributed by atoms with E-state index in [0.717, 1.165) is 24.0 Å². The summed E-state index contributed by atoms with van der Waals surface area (Å²) in [6, 6.07) is 3.50. The number of hydrogen-bond acceptors (Lipinski definition) is 6. The lowest BCUT2D eigenvalue weighted by molar-refractivity contribution is -0.120. The van der Waals surface area contributed by atoms with Crippen molar-refractivity contribution in [1.29, 1.82) is 0 Å². The van der Waals surface area contributed by atoms with Crippen LogP contribution in [0.4, 0.5) is 11.5 Å². The van der Waals surface area contributed by atoms with Crippen molar-refractivity contribution < 1.29 is 9.59 Å². The topological polar surface area (TPSA) is 86.4 Å². The van der Waals surface area contributed by atoms with Crippen LogP contribution in [0.3, 0.4) is 0 Å². The average molecular weight is 307 g/mol. The van der Waals surface area contributed by atoms with Crippen LogP contribution in [0.5, 0.6) is 0 Å². The van der Waals surface area contributed by atoms with Crippen molar-refractivity contribution in [3.63, 3.8) is 0 Å². The second-order valence-electron chi connectivity index (χ2n) is 4.94.